The van der Waals surface area contributed by atoms with Gasteiger partial charge in [-0.05, 0) is 31.4 Å². The number of para-hydroxylation sites is 1. The van der Waals surface area contributed by atoms with Crippen LogP contribution in [0.1, 0.15) is 42.3 Å². The van der Waals surface area contributed by atoms with Crippen molar-refractivity contribution in [3.8, 4) is 5.75 Å². The van der Waals surface area contributed by atoms with Gasteiger partial charge < -0.3 is 9.26 Å². The maximum absolute atomic E-state index is 5.90. The maximum Gasteiger partial charge on any atom is 0.140 e. The molecular weight excluding hydrogens is 226 g/mol. The average molecular weight is 245 g/mol. The van der Waals surface area contributed by atoms with E-state index in [-0.39, 0.29) is 0 Å². The van der Waals surface area contributed by atoms with Gasteiger partial charge in [0, 0.05) is 0 Å². The van der Waals surface area contributed by atoms with Crippen molar-refractivity contribution in [3.63, 3.8) is 0 Å². The topological polar surface area (TPSA) is 35.3 Å². The van der Waals surface area contributed by atoms with Crippen LogP contribution < -0.4 is 4.74 Å². The van der Waals surface area contributed by atoms with E-state index in [0.29, 0.717) is 12.5 Å². The molecule has 0 aliphatic heterocycles. The molecule has 2 rings (SSSR count). The van der Waals surface area contributed by atoms with E-state index >= 15 is 0 Å². The lowest BCUT2D eigenvalue weighted by atomic mass is 10.0. The number of hydrogen-bond donors (Lipinski definition) is 0. The van der Waals surface area contributed by atoms with E-state index in [1.165, 1.54) is 5.56 Å². The molecule has 0 spiro atoms. The Bertz CT molecular complexity index is 510. The van der Waals surface area contributed by atoms with Crippen molar-refractivity contribution in [2.45, 2.75) is 40.2 Å². The summed E-state index contributed by atoms with van der Waals surface area (Å²) in [6.07, 6.45) is 0. The van der Waals surface area contributed by atoms with Crippen LogP contribution in [-0.2, 0) is 6.61 Å². The molecule has 0 saturated carbocycles. The zero-order chi connectivity index (χ0) is 13.1. The highest BCUT2D eigenvalue weighted by Crippen LogP contribution is 2.27. The second kappa shape index (κ2) is 5.25. The van der Waals surface area contributed by atoms with Crippen LogP contribution in [0.3, 0.4) is 0 Å². The van der Waals surface area contributed by atoms with Crippen molar-refractivity contribution in [1.82, 2.24) is 5.16 Å². The standard InChI is InChI=1S/C15H19NO2/c1-10(2)13-7-5-6-8-15(13)17-9-14-11(3)16-18-12(14)4/h5-8,10H,9H2,1-4H3. The lowest BCUT2D eigenvalue weighted by Crippen LogP contribution is -2.01. The predicted octanol–water partition coefficient (Wildman–Crippen LogP) is 3.99. The molecule has 1 heterocycles. The lowest BCUT2D eigenvalue weighted by Gasteiger charge is -2.13. The fraction of sp³-hybridized carbons (Fsp3) is 0.400. The molecule has 0 fully saturated rings. The molecule has 1 aromatic carbocycles. The molecule has 0 aliphatic carbocycles. The van der Waals surface area contributed by atoms with E-state index in [9.17, 15) is 0 Å². The SMILES string of the molecule is Cc1noc(C)c1COc1ccccc1C(C)C. The smallest absolute Gasteiger partial charge is 0.140 e. The molecule has 1 aromatic heterocycles. The van der Waals surface area contributed by atoms with Crippen LogP contribution in [0.15, 0.2) is 28.8 Å². The zero-order valence-electron chi connectivity index (χ0n) is 11.4. The van der Waals surface area contributed by atoms with Crippen molar-refractivity contribution in [2.24, 2.45) is 0 Å². The summed E-state index contributed by atoms with van der Waals surface area (Å²) in [7, 11) is 0. The molecule has 18 heavy (non-hydrogen) atoms. The molecule has 3 nitrogen and oxygen atoms in total. The molecule has 0 unspecified atom stereocenters. The van der Waals surface area contributed by atoms with Crippen molar-refractivity contribution in [2.75, 3.05) is 0 Å². The first kappa shape index (κ1) is 12.7. The van der Waals surface area contributed by atoms with Gasteiger partial charge in [-0.15, -0.1) is 0 Å². The van der Waals surface area contributed by atoms with Gasteiger partial charge in [-0.1, -0.05) is 37.2 Å². The molecular formula is C15H19NO2. The predicted molar refractivity (Wildman–Crippen MR) is 70.8 cm³/mol. The molecule has 2 aromatic rings. The number of benzene rings is 1. The number of ether oxygens (including phenoxy) is 1. The summed E-state index contributed by atoms with van der Waals surface area (Å²) in [5.74, 6) is 2.22. The Morgan fingerprint density at radius 2 is 1.94 bits per heavy atom. The Morgan fingerprint density at radius 3 is 2.56 bits per heavy atom. The normalized spacial score (nSPS) is 10.9. The van der Waals surface area contributed by atoms with Gasteiger partial charge in [0.1, 0.15) is 18.1 Å². The summed E-state index contributed by atoms with van der Waals surface area (Å²) in [6.45, 7) is 8.68. The van der Waals surface area contributed by atoms with E-state index in [1.807, 2.05) is 32.0 Å². The average Bonchev–Trinajstić information content (AvgIpc) is 2.67. The van der Waals surface area contributed by atoms with Crippen molar-refractivity contribution in [3.05, 3.63) is 46.8 Å². The van der Waals surface area contributed by atoms with Gasteiger partial charge >= 0.3 is 0 Å². The molecule has 0 N–H and O–H groups in total. The molecule has 0 radical (unpaired) electrons. The van der Waals surface area contributed by atoms with E-state index in [1.54, 1.807) is 0 Å². The number of aryl methyl sites for hydroxylation is 2. The monoisotopic (exact) mass is 245 g/mol. The van der Waals surface area contributed by atoms with Crippen LogP contribution in [0.25, 0.3) is 0 Å². The van der Waals surface area contributed by atoms with Gasteiger partial charge in [0.25, 0.3) is 0 Å². The van der Waals surface area contributed by atoms with E-state index < -0.39 is 0 Å². The Kier molecular flexibility index (Phi) is 3.70. The molecule has 0 bridgehead atoms. The first-order chi connectivity index (χ1) is 8.59. The van der Waals surface area contributed by atoms with Crippen LogP contribution >= 0.6 is 0 Å². The summed E-state index contributed by atoms with van der Waals surface area (Å²) in [6, 6.07) is 8.15. The highest BCUT2D eigenvalue weighted by atomic mass is 16.5. The molecule has 0 saturated heterocycles. The van der Waals surface area contributed by atoms with Gasteiger partial charge in [-0.3, -0.25) is 0 Å². The highest BCUT2D eigenvalue weighted by Gasteiger charge is 2.11. The third-order valence-corrected chi connectivity index (χ3v) is 3.09. The van der Waals surface area contributed by atoms with Gasteiger partial charge in [-0.2, -0.15) is 0 Å². The third kappa shape index (κ3) is 2.55. The second-order valence-electron chi connectivity index (χ2n) is 4.78. The summed E-state index contributed by atoms with van der Waals surface area (Å²) in [5.41, 5.74) is 3.16. The zero-order valence-corrected chi connectivity index (χ0v) is 11.4. The minimum Gasteiger partial charge on any atom is -0.488 e. The largest absolute Gasteiger partial charge is 0.488 e. The number of hydrogen-bond acceptors (Lipinski definition) is 3. The first-order valence-electron chi connectivity index (χ1n) is 6.23. The Balaban J connectivity index is 2.16. The fourth-order valence-corrected chi connectivity index (χ4v) is 1.95. The third-order valence-electron chi connectivity index (χ3n) is 3.09. The van der Waals surface area contributed by atoms with Crippen LogP contribution in [0, 0.1) is 13.8 Å². The summed E-state index contributed by atoms with van der Waals surface area (Å²) >= 11 is 0. The van der Waals surface area contributed by atoms with Gasteiger partial charge in [0.2, 0.25) is 0 Å². The van der Waals surface area contributed by atoms with E-state index in [4.69, 9.17) is 9.26 Å². The van der Waals surface area contributed by atoms with E-state index in [2.05, 4.69) is 25.1 Å². The maximum atomic E-state index is 5.90. The van der Waals surface area contributed by atoms with Crippen LogP contribution in [0.2, 0.25) is 0 Å². The minimum absolute atomic E-state index is 0.450. The summed E-state index contributed by atoms with van der Waals surface area (Å²) < 4.78 is 11.0. The molecule has 96 valence electrons. The fourth-order valence-electron chi connectivity index (χ4n) is 1.95. The quantitative estimate of drug-likeness (QED) is 0.816. The summed E-state index contributed by atoms with van der Waals surface area (Å²) in [5, 5.41) is 3.93. The molecule has 0 atom stereocenters. The van der Waals surface area contributed by atoms with Crippen LogP contribution in [-0.4, -0.2) is 5.16 Å². The number of nitrogens with zero attached hydrogens (tertiary/aromatic N) is 1. The minimum atomic E-state index is 0.450. The van der Waals surface area contributed by atoms with Crippen molar-refractivity contribution < 1.29 is 9.26 Å². The Hall–Kier alpha value is -1.77. The van der Waals surface area contributed by atoms with Gasteiger partial charge in [-0.25, -0.2) is 0 Å². The Labute approximate surface area is 108 Å². The van der Waals surface area contributed by atoms with Gasteiger partial charge in [0.05, 0.1) is 11.3 Å². The van der Waals surface area contributed by atoms with Crippen molar-refractivity contribution >= 4 is 0 Å². The molecule has 0 amide bonds. The number of aromatic nitrogens is 1. The van der Waals surface area contributed by atoms with Gasteiger partial charge in [0.15, 0.2) is 0 Å². The Morgan fingerprint density at radius 1 is 1.22 bits per heavy atom. The van der Waals surface area contributed by atoms with Crippen LogP contribution in [0.5, 0.6) is 5.75 Å². The van der Waals surface area contributed by atoms with E-state index in [0.717, 1.165) is 22.8 Å². The molecule has 0 aliphatic rings. The highest BCUT2D eigenvalue weighted by molar-refractivity contribution is 5.36. The lowest BCUT2D eigenvalue weighted by molar-refractivity contribution is 0.297. The molecule has 3 heteroatoms. The summed E-state index contributed by atoms with van der Waals surface area (Å²) in [4.78, 5) is 0. The number of rotatable bonds is 4. The van der Waals surface area contributed by atoms with Crippen molar-refractivity contribution in [1.29, 1.82) is 0 Å². The first-order valence-corrected chi connectivity index (χ1v) is 6.23. The van der Waals surface area contributed by atoms with Crippen LogP contribution in [0.4, 0.5) is 0 Å². The second-order valence-corrected chi connectivity index (χ2v) is 4.78.